The first-order chi connectivity index (χ1) is 6.77. The van der Waals surface area contributed by atoms with Gasteiger partial charge in [-0.3, -0.25) is 0 Å². The number of nitrogens with zero attached hydrogens (tertiary/aromatic N) is 3. The fraction of sp³-hybridized carbons (Fsp3) is 0.800. The maximum absolute atomic E-state index is 5.84. The Morgan fingerprint density at radius 1 is 1.43 bits per heavy atom. The van der Waals surface area contributed by atoms with Gasteiger partial charge in [0.1, 0.15) is 0 Å². The lowest BCUT2D eigenvalue weighted by Crippen LogP contribution is -2.12. The molecule has 0 spiro atoms. The van der Waals surface area contributed by atoms with Crippen LogP contribution < -0.4 is 5.73 Å². The molecule has 0 amide bonds. The Balaban J connectivity index is 2.31. The van der Waals surface area contributed by atoms with Gasteiger partial charge in [-0.05, 0) is 25.7 Å². The van der Waals surface area contributed by atoms with E-state index >= 15 is 0 Å². The molecule has 0 saturated heterocycles. The van der Waals surface area contributed by atoms with Gasteiger partial charge in [-0.15, -0.1) is 5.10 Å². The molecular weight excluding hydrogens is 176 g/mol. The number of anilines is 1. The molecule has 0 aliphatic heterocycles. The van der Waals surface area contributed by atoms with Gasteiger partial charge >= 0.3 is 0 Å². The van der Waals surface area contributed by atoms with Crippen LogP contribution in [0.15, 0.2) is 0 Å². The standard InChI is InChI=1S/C10H18N4/c1-3-8(4-2)14-9(7-5-6-7)10(11)12-13-14/h7-8H,3-6,11H2,1-2H3. The van der Waals surface area contributed by atoms with Gasteiger partial charge in [0.05, 0.1) is 11.7 Å². The third-order valence-electron chi connectivity index (χ3n) is 3.01. The number of aromatic nitrogens is 3. The van der Waals surface area contributed by atoms with Crippen LogP contribution in [0.1, 0.15) is 57.2 Å². The van der Waals surface area contributed by atoms with E-state index in [0.29, 0.717) is 17.8 Å². The van der Waals surface area contributed by atoms with E-state index < -0.39 is 0 Å². The summed E-state index contributed by atoms with van der Waals surface area (Å²) in [6, 6.07) is 0.468. The lowest BCUT2D eigenvalue weighted by atomic mass is 10.1. The van der Waals surface area contributed by atoms with E-state index in [1.165, 1.54) is 18.5 Å². The largest absolute Gasteiger partial charge is 0.381 e. The second-order valence-electron chi connectivity index (χ2n) is 4.05. The van der Waals surface area contributed by atoms with Gasteiger partial charge in [-0.25, -0.2) is 4.68 Å². The molecule has 4 nitrogen and oxygen atoms in total. The fourth-order valence-corrected chi connectivity index (χ4v) is 1.97. The van der Waals surface area contributed by atoms with E-state index in [9.17, 15) is 0 Å². The predicted molar refractivity (Wildman–Crippen MR) is 56.0 cm³/mol. The molecule has 0 bridgehead atoms. The fourth-order valence-electron chi connectivity index (χ4n) is 1.97. The summed E-state index contributed by atoms with van der Waals surface area (Å²) in [5.41, 5.74) is 7.01. The molecule has 4 heteroatoms. The van der Waals surface area contributed by atoms with Crippen molar-refractivity contribution in [3.05, 3.63) is 5.69 Å². The van der Waals surface area contributed by atoms with E-state index in [4.69, 9.17) is 5.73 Å². The molecule has 78 valence electrons. The highest BCUT2D eigenvalue weighted by Gasteiger charge is 2.31. The van der Waals surface area contributed by atoms with Crippen molar-refractivity contribution in [2.45, 2.75) is 51.5 Å². The van der Waals surface area contributed by atoms with E-state index in [2.05, 4.69) is 24.2 Å². The van der Waals surface area contributed by atoms with Gasteiger partial charge in [0.2, 0.25) is 0 Å². The zero-order chi connectivity index (χ0) is 10.1. The molecule has 1 aliphatic carbocycles. The maximum atomic E-state index is 5.84. The second-order valence-corrected chi connectivity index (χ2v) is 4.05. The number of rotatable bonds is 4. The molecule has 1 saturated carbocycles. The number of hydrogen-bond donors (Lipinski definition) is 1. The van der Waals surface area contributed by atoms with Crippen molar-refractivity contribution >= 4 is 5.82 Å². The molecule has 0 atom stereocenters. The summed E-state index contributed by atoms with van der Waals surface area (Å²) < 4.78 is 2.05. The topological polar surface area (TPSA) is 56.7 Å². The molecule has 0 radical (unpaired) electrons. The Morgan fingerprint density at radius 2 is 2.07 bits per heavy atom. The van der Waals surface area contributed by atoms with Crippen LogP contribution in [-0.4, -0.2) is 15.0 Å². The number of nitrogens with two attached hydrogens (primary N) is 1. The molecule has 0 aromatic carbocycles. The minimum Gasteiger partial charge on any atom is -0.381 e. The monoisotopic (exact) mass is 194 g/mol. The summed E-state index contributed by atoms with van der Waals surface area (Å²) in [5.74, 6) is 1.27. The summed E-state index contributed by atoms with van der Waals surface area (Å²) in [5, 5.41) is 8.15. The molecule has 1 aliphatic rings. The Kier molecular flexibility index (Phi) is 2.44. The highest BCUT2D eigenvalue weighted by atomic mass is 15.5. The second kappa shape index (κ2) is 3.59. The lowest BCUT2D eigenvalue weighted by molar-refractivity contribution is 0.405. The predicted octanol–water partition coefficient (Wildman–Crippen LogP) is 2.10. The third-order valence-corrected chi connectivity index (χ3v) is 3.01. The zero-order valence-electron chi connectivity index (χ0n) is 8.90. The van der Waals surface area contributed by atoms with Gasteiger partial charge in [-0.1, -0.05) is 19.1 Å². The van der Waals surface area contributed by atoms with Crippen LogP contribution in [0.2, 0.25) is 0 Å². The van der Waals surface area contributed by atoms with Crippen molar-refractivity contribution in [2.24, 2.45) is 0 Å². The molecule has 1 aromatic rings. The SMILES string of the molecule is CCC(CC)n1nnc(N)c1C1CC1. The minimum absolute atomic E-state index is 0.468. The summed E-state index contributed by atoms with van der Waals surface area (Å²) in [6.45, 7) is 4.37. The first-order valence-electron chi connectivity index (χ1n) is 5.48. The van der Waals surface area contributed by atoms with Gasteiger partial charge in [-0.2, -0.15) is 0 Å². The molecule has 2 N–H and O–H groups in total. The summed E-state index contributed by atoms with van der Waals surface area (Å²) >= 11 is 0. The van der Waals surface area contributed by atoms with Crippen molar-refractivity contribution in [3.8, 4) is 0 Å². The molecule has 0 unspecified atom stereocenters. The average molecular weight is 194 g/mol. The van der Waals surface area contributed by atoms with Crippen LogP contribution in [0.4, 0.5) is 5.82 Å². The Labute approximate surface area is 84.5 Å². The first-order valence-corrected chi connectivity index (χ1v) is 5.48. The van der Waals surface area contributed by atoms with Crippen LogP contribution in [0.3, 0.4) is 0 Å². The first kappa shape index (κ1) is 9.49. The van der Waals surface area contributed by atoms with Crippen molar-refractivity contribution in [1.82, 2.24) is 15.0 Å². The molecule has 1 fully saturated rings. The Bertz CT molecular complexity index is 310. The lowest BCUT2D eigenvalue weighted by Gasteiger charge is -2.15. The maximum Gasteiger partial charge on any atom is 0.169 e. The normalized spacial score (nSPS) is 16.5. The van der Waals surface area contributed by atoms with Crippen LogP contribution in [0, 0.1) is 0 Å². The minimum atomic E-state index is 0.468. The van der Waals surface area contributed by atoms with E-state index in [1.54, 1.807) is 0 Å². The van der Waals surface area contributed by atoms with Gasteiger partial charge in [0.25, 0.3) is 0 Å². The van der Waals surface area contributed by atoms with Crippen molar-refractivity contribution in [1.29, 1.82) is 0 Å². The zero-order valence-corrected chi connectivity index (χ0v) is 8.90. The Morgan fingerprint density at radius 3 is 2.57 bits per heavy atom. The van der Waals surface area contributed by atoms with Crippen molar-refractivity contribution < 1.29 is 0 Å². The van der Waals surface area contributed by atoms with Gasteiger partial charge < -0.3 is 5.73 Å². The van der Waals surface area contributed by atoms with Crippen molar-refractivity contribution in [2.75, 3.05) is 5.73 Å². The highest BCUT2D eigenvalue weighted by Crippen LogP contribution is 2.43. The quantitative estimate of drug-likeness (QED) is 0.798. The average Bonchev–Trinajstić information content (AvgIpc) is 2.95. The number of hydrogen-bond acceptors (Lipinski definition) is 3. The van der Waals surface area contributed by atoms with Crippen molar-refractivity contribution in [3.63, 3.8) is 0 Å². The smallest absolute Gasteiger partial charge is 0.169 e. The van der Waals surface area contributed by atoms with Crippen LogP contribution >= 0.6 is 0 Å². The molecular formula is C10H18N4. The summed E-state index contributed by atoms with van der Waals surface area (Å²) in [7, 11) is 0. The molecule has 1 heterocycles. The van der Waals surface area contributed by atoms with E-state index in [-0.39, 0.29) is 0 Å². The Hall–Kier alpha value is -1.06. The third kappa shape index (κ3) is 1.49. The number of nitrogen functional groups attached to an aromatic ring is 1. The van der Waals surface area contributed by atoms with E-state index in [1.807, 2.05) is 4.68 Å². The molecule has 14 heavy (non-hydrogen) atoms. The molecule has 1 aromatic heterocycles. The van der Waals surface area contributed by atoms with E-state index in [0.717, 1.165) is 12.8 Å². The van der Waals surface area contributed by atoms with Gasteiger partial charge in [0.15, 0.2) is 5.82 Å². The highest BCUT2D eigenvalue weighted by molar-refractivity contribution is 5.38. The summed E-state index contributed by atoms with van der Waals surface area (Å²) in [6.07, 6.45) is 4.69. The van der Waals surface area contributed by atoms with Crippen LogP contribution in [0.25, 0.3) is 0 Å². The summed E-state index contributed by atoms with van der Waals surface area (Å²) in [4.78, 5) is 0. The van der Waals surface area contributed by atoms with Crippen LogP contribution in [0.5, 0.6) is 0 Å². The van der Waals surface area contributed by atoms with Gasteiger partial charge in [0, 0.05) is 5.92 Å². The van der Waals surface area contributed by atoms with Crippen LogP contribution in [-0.2, 0) is 0 Å². The molecule has 2 rings (SSSR count).